The summed E-state index contributed by atoms with van der Waals surface area (Å²) in [4.78, 5) is 4.32. The van der Waals surface area contributed by atoms with Crippen molar-refractivity contribution in [1.29, 1.82) is 0 Å². The Morgan fingerprint density at radius 3 is 2.87 bits per heavy atom. The minimum Gasteiger partial charge on any atom is -0.213 e. The van der Waals surface area contributed by atoms with E-state index in [1.165, 1.54) is 36.1 Å². The molecule has 1 fully saturated rings. The van der Waals surface area contributed by atoms with Crippen LogP contribution in [0, 0.1) is 0 Å². The van der Waals surface area contributed by atoms with Crippen molar-refractivity contribution in [1.82, 2.24) is 9.36 Å². The molecule has 84 valence electrons. The molecule has 0 atom stereocenters. The van der Waals surface area contributed by atoms with Crippen LogP contribution in [-0.4, -0.2) is 29.3 Å². The van der Waals surface area contributed by atoms with Gasteiger partial charge in [-0.05, 0) is 24.4 Å². The van der Waals surface area contributed by atoms with E-state index < -0.39 is 9.05 Å². The van der Waals surface area contributed by atoms with Gasteiger partial charge >= 0.3 is 0 Å². The highest BCUT2D eigenvalue weighted by molar-refractivity contribution is 8.14. The summed E-state index contributed by atoms with van der Waals surface area (Å²) in [7, 11) is 1.71. The van der Waals surface area contributed by atoms with Crippen molar-refractivity contribution in [2.24, 2.45) is 0 Å². The summed E-state index contributed by atoms with van der Waals surface area (Å²) in [6.45, 7) is 0. The fourth-order valence-corrected chi connectivity index (χ4v) is 4.11. The Morgan fingerprint density at radius 2 is 2.27 bits per heavy atom. The van der Waals surface area contributed by atoms with Crippen LogP contribution in [0.2, 0.25) is 0 Å². The van der Waals surface area contributed by atoms with E-state index in [0.29, 0.717) is 11.7 Å². The molecule has 15 heavy (non-hydrogen) atoms. The molecule has 0 unspecified atom stereocenters. The summed E-state index contributed by atoms with van der Waals surface area (Å²) in [6, 6.07) is 0. The third-order valence-corrected chi connectivity index (χ3v) is 5.18. The normalized spacial score (nSPS) is 16.9. The third kappa shape index (κ3) is 3.90. The summed E-state index contributed by atoms with van der Waals surface area (Å²) in [5, 5.41) is 0. The molecule has 0 bridgehead atoms. The summed E-state index contributed by atoms with van der Waals surface area (Å²) in [5.74, 6) is 1.87. The van der Waals surface area contributed by atoms with E-state index in [-0.39, 0.29) is 5.75 Å². The molecular weight excluding hydrogens is 276 g/mol. The Kier molecular flexibility index (Phi) is 3.54. The van der Waals surface area contributed by atoms with Crippen molar-refractivity contribution in [2.45, 2.75) is 23.1 Å². The molecule has 0 saturated heterocycles. The van der Waals surface area contributed by atoms with Crippen molar-refractivity contribution < 1.29 is 8.42 Å². The zero-order valence-corrected chi connectivity index (χ0v) is 10.9. The molecule has 0 aliphatic heterocycles. The third-order valence-electron chi connectivity index (χ3n) is 1.92. The summed E-state index contributed by atoms with van der Waals surface area (Å²) < 4.78 is 26.4. The number of thioether (sulfide) groups is 1. The zero-order chi connectivity index (χ0) is 10.9. The van der Waals surface area contributed by atoms with Gasteiger partial charge < -0.3 is 0 Å². The van der Waals surface area contributed by atoms with E-state index in [4.69, 9.17) is 10.7 Å². The lowest BCUT2D eigenvalue weighted by atomic mass is 10.4. The van der Waals surface area contributed by atoms with Crippen molar-refractivity contribution in [3.05, 3.63) is 5.82 Å². The monoisotopic (exact) mass is 284 g/mol. The number of rotatable bonds is 5. The minimum absolute atomic E-state index is 0.0302. The van der Waals surface area contributed by atoms with Crippen LogP contribution in [0.25, 0.3) is 0 Å². The van der Waals surface area contributed by atoms with E-state index in [1.54, 1.807) is 0 Å². The lowest BCUT2D eigenvalue weighted by Crippen LogP contribution is -1.99. The molecule has 0 radical (unpaired) electrons. The molecule has 2 rings (SSSR count). The number of halogens is 1. The molecule has 0 spiro atoms. The Labute approximate surface area is 101 Å². The van der Waals surface area contributed by atoms with E-state index in [2.05, 4.69) is 9.36 Å². The van der Waals surface area contributed by atoms with Crippen LogP contribution < -0.4 is 0 Å². The predicted octanol–water partition coefficient (Wildman–Crippen LogP) is 2.08. The average Bonchev–Trinajstić information content (AvgIpc) is 2.86. The smallest absolute Gasteiger partial charge is 0.213 e. The van der Waals surface area contributed by atoms with E-state index >= 15 is 0 Å². The van der Waals surface area contributed by atoms with E-state index in [1.807, 2.05) is 0 Å². The van der Waals surface area contributed by atoms with Crippen LogP contribution in [0.1, 0.15) is 24.6 Å². The molecular formula is C7H9ClN2O2S3. The van der Waals surface area contributed by atoms with Crippen molar-refractivity contribution in [2.75, 3.05) is 11.5 Å². The minimum atomic E-state index is -3.38. The second-order valence-corrected chi connectivity index (χ2v) is 8.27. The lowest BCUT2D eigenvalue weighted by Gasteiger charge is -1.93. The maximum atomic E-state index is 10.7. The van der Waals surface area contributed by atoms with Crippen LogP contribution in [0.3, 0.4) is 0 Å². The van der Waals surface area contributed by atoms with Gasteiger partial charge in [-0.25, -0.2) is 13.4 Å². The van der Waals surface area contributed by atoms with E-state index in [0.717, 1.165) is 10.2 Å². The van der Waals surface area contributed by atoms with Crippen LogP contribution >= 0.6 is 34.0 Å². The summed E-state index contributed by atoms with van der Waals surface area (Å²) >= 11 is 2.73. The van der Waals surface area contributed by atoms with Gasteiger partial charge in [0, 0.05) is 22.4 Å². The first-order chi connectivity index (χ1) is 7.04. The second-order valence-electron chi connectivity index (χ2n) is 3.28. The van der Waals surface area contributed by atoms with Crippen LogP contribution in [0.15, 0.2) is 4.34 Å². The van der Waals surface area contributed by atoms with Crippen molar-refractivity contribution >= 4 is 43.0 Å². The number of aromatic nitrogens is 2. The molecule has 4 nitrogen and oxygen atoms in total. The lowest BCUT2D eigenvalue weighted by molar-refractivity contribution is 0.611. The molecule has 1 heterocycles. The SMILES string of the molecule is O=S(=O)(Cl)CCSc1nc(C2CC2)ns1. The Bertz CT molecular complexity index is 441. The molecule has 1 aliphatic carbocycles. The predicted molar refractivity (Wildman–Crippen MR) is 62.2 cm³/mol. The quantitative estimate of drug-likeness (QED) is 0.612. The van der Waals surface area contributed by atoms with E-state index in [9.17, 15) is 8.42 Å². The molecule has 8 heteroatoms. The van der Waals surface area contributed by atoms with Gasteiger partial charge in [-0.3, -0.25) is 0 Å². The fraction of sp³-hybridized carbons (Fsp3) is 0.714. The largest absolute Gasteiger partial charge is 0.233 e. The Morgan fingerprint density at radius 1 is 1.53 bits per heavy atom. The van der Waals surface area contributed by atoms with Gasteiger partial charge in [0.05, 0.1) is 5.75 Å². The molecule has 1 aliphatic rings. The zero-order valence-electron chi connectivity index (χ0n) is 7.72. The second kappa shape index (κ2) is 4.57. The van der Waals surface area contributed by atoms with Gasteiger partial charge in [-0.2, -0.15) is 4.37 Å². The first-order valence-electron chi connectivity index (χ1n) is 4.43. The molecule has 0 amide bonds. The van der Waals surface area contributed by atoms with Gasteiger partial charge in [-0.1, -0.05) is 11.8 Å². The highest BCUT2D eigenvalue weighted by atomic mass is 35.7. The molecule has 0 N–H and O–H groups in total. The van der Waals surface area contributed by atoms with Crippen LogP contribution in [0.4, 0.5) is 0 Å². The first kappa shape index (κ1) is 11.6. The number of hydrogen-bond acceptors (Lipinski definition) is 6. The summed E-state index contributed by atoms with van der Waals surface area (Å²) in [5.41, 5.74) is 0. The molecule has 1 aromatic heterocycles. The van der Waals surface area contributed by atoms with Gasteiger partial charge in [0.25, 0.3) is 0 Å². The Balaban J connectivity index is 1.83. The maximum absolute atomic E-state index is 10.7. The highest BCUT2D eigenvalue weighted by Crippen LogP contribution is 2.39. The molecule has 1 saturated carbocycles. The fourth-order valence-electron chi connectivity index (χ4n) is 1.01. The van der Waals surface area contributed by atoms with Crippen LogP contribution in [0.5, 0.6) is 0 Å². The van der Waals surface area contributed by atoms with Gasteiger partial charge in [0.1, 0.15) is 5.82 Å². The standard InChI is InChI=1S/C7H9ClN2O2S3/c8-15(11,12)4-3-13-7-9-6(10-14-7)5-1-2-5/h5H,1-4H2. The molecule has 0 aromatic carbocycles. The van der Waals surface area contributed by atoms with Crippen molar-refractivity contribution in [3.63, 3.8) is 0 Å². The van der Waals surface area contributed by atoms with Gasteiger partial charge in [-0.15, -0.1) is 0 Å². The van der Waals surface area contributed by atoms with Crippen molar-refractivity contribution in [3.8, 4) is 0 Å². The number of hydrogen-bond donors (Lipinski definition) is 0. The highest BCUT2D eigenvalue weighted by Gasteiger charge is 2.27. The topological polar surface area (TPSA) is 59.9 Å². The van der Waals surface area contributed by atoms with Gasteiger partial charge in [0.2, 0.25) is 9.05 Å². The summed E-state index contributed by atoms with van der Waals surface area (Å²) in [6.07, 6.45) is 2.35. The van der Waals surface area contributed by atoms with Crippen LogP contribution in [-0.2, 0) is 9.05 Å². The number of nitrogens with zero attached hydrogens (tertiary/aromatic N) is 2. The first-order valence-corrected chi connectivity index (χ1v) is 8.67. The maximum Gasteiger partial charge on any atom is 0.233 e. The van der Waals surface area contributed by atoms with Gasteiger partial charge in [0.15, 0.2) is 4.34 Å². The molecule has 1 aromatic rings. The average molecular weight is 285 g/mol. The Hall–Kier alpha value is 0.150.